The van der Waals surface area contributed by atoms with Crippen LogP contribution in [0.1, 0.15) is 50.2 Å². The van der Waals surface area contributed by atoms with Gasteiger partial charge in [0.15, 0.2) is 0 Å². The van der Waals surface area contributed by atoms with Crippen molar-refractivity contribution in [2.24, 2.45) is 5.73 Å². The Labute approximate surface area is 249 Å². The molecule has 0 radical (unpaired) electrons. The standard InChI is InChI=1S/C32H46N4O6/c1-3-41-31(38)23-35-28(15-16-30(37)36-17-8-5-9-18-36)32(39)42-29(27(33)20-24-11-6-4-7-12-24)22-34-21-25-13-10-14-26(19-25)40-2/h4,6-7,10-14,19,27-29,34-35H,3,5,8-9,15-18,20-23,33H2,1-2H3/t27-,28+,29+/m0/s1. The van der Waals surface area contributed by atoms with Crippen molar-refractivity contribution < 1.29 is 28.6 Å². The Morgan fingerprint density at radius 2 is 1.74 bits per heavy atom. The van der Waals surface area contributed by atoms with E-state index in [1.54, 1.807) is 14.0 Å². The Hall–Kier alpha value is -3.47. The summed E-state index contributed by atoms with van der Waals surface area (Å²) in [7, 11) is 1.62. The zero-order valence-corrected chi connectivity index (χ0v) is 24.9. The van der Waals surface area contributed by atoms with Gasteiger partial charge >= 0.3 is 11.9 Å². The molecular formula is C32H46N4O6. The SMILES string of the molecule is CCOC(=O)CN[C@H](CCC(=O)N1CCCCC1)C(=O)O[C@H](CNCc1cccc(OC)c1)[C@@H](N)Cc1ccccc1. The third-order valence-electron chi connectivity index (χ3n) is 7.31. The summed E-state index contributed by atoms with van der Waals surface area (Å²) in [5.74, 6) is -0.271. The number of nitrogens with one attached hydrogen (secondary N) is 2. The molecule has 1 aliphatic heterocycles. The second-order valence-corrected chi connectivity index (χ2v) is 10.5. The van der Waals surface area contributed by atoms with Crippen molar-refractivity contribution in [1.29, 1.82) is 0 Å². The molecule has 10 nitrogen and oxygen atoms in total. The molecule has 1 amide bonds. The number of likely N-dealkylation sites (tertiary alicyclic amines) is 1. The molecule has 0 saturated carbocycles. The number of hydrogen-bond acceptors (Lipinski definition) is 9. The lowest BCUT2D eigenvalue weighted by molar-refractivity contribution is -0.153. The van der Waals surface area contributed by atoms with Crippen molar-refractivity contribution in [3.8, 4) is 5.75 Å². The van der Waals surface area contributed by atoms with Crippen molar-refractivity contribution in [1.82, 2.24) is 15.5 Å². The molecule has 1 fully saturated rings. The molecular weight excluding hydrogens is 536 g/mol. The maximum absolute atomic E-state index is 13.5. The summed E-state index contributed by atoms with van der Waals surface area (Å²) in [6.45, 7) is 4.10. The average Bonchev–Trinajstić information content (AvgIpc) is 3.01. The third kappa shape index (κ3) is 11.4. The minimum absolute atomic E-state index is 0.00252. The van der Waals surface area contributed by atoms with Gasteiger partial charge in [0.25, 0.3) is 0 Å². The first-order chi connectivity index (χ1) is 20.4. The van der Waals surface area contributed by atoms with Crippen LogP contribution < -0.4 is 21.1 Å². The maximum atomic E-state index is 13.5. The lowest BCUT2D eigenvalue weighted by atomic mass is 10.0. The van der Waals surface area contributed by atoms with Crippen LogP contribution in [0.2, 0.25) is 0 Å². The molecule has 1 heterocycles. The molecule has 10 heteroatoms. The van der Waals surface area contributed by atoms with Gasteiger partial charge in [-0.25, -0.2) is 0 Å². The fourth-order valence-corrected chi connectivity index (χ4v) is 4.96. The number of carbonyl (C=O) groups is 3. The van der Waals surface area contributed by atoms with E-state index in [-0.39, 0.29) is 31.9 Å². The second-order valence-electron chi connectivity index (χ2n) is 10.5. The minimum atomic E-state index is -0.868. The first-order valence-electron chi connectivity index (χ1n) is 14.9. The van der Waals surface area contributed by atoms with Gasteiger partial charge in [-0.05, 0) is 62.3 Å². The first kappa shape index (κ1) is 33.0. The van der Waals surface area contributed by atoms with Crippen LogP contribution in [0.15, 0.2) is 54.6 Å². The van der Waals surface area contributed by atoms with E-state index in [9.17, 15) is 14.4 Å². The van der Waals surface area contributed by atoms with Crippen LogP contribution in [0.3, 0.4) is 0 Å². The number of hydrogen-bond donors (Lipinski definition) is 3. The molecule has 0 unspecified atom stereocenters. The molecule has 2 aromatic carbocycles. The predicted molar refractivity (Wildman–Crippen MR) is 161 cm³/mol. The van der Waals surface area contributed by atoms with Gasteiger partial charge in [-0.3, -0.25) is 19.7 Å². The van der Waals surface area contributed by atoms with Crippen LogP contribution in [0.4, 0.5) is 0 Å². The Balaban J connectivity index is 1.68. The highest BCUT2D eigenvalue weighted by atomic mass is 16.5. The third-order valence-corrected chi connectivity index (χ3v) is 7.31. The van der Waals surface area contributed by atoms with Crippen LogP contribution >= 0.6 is 0 Å². The molecule has 0 aromatic heterocycles. The molecule has 2 aromatic rings. The summed E-state index contributed by atoms with van der Waals surface area (Å²) in [6, 6.07) is 16.1. The van der Waals surface area contributed by atoms with Crippen LogP contribution in [0.25, 0.3) is 0 Å². The number of benzene rings is 2. The van der Waals surface area contributed by atoms with Gasteiger partial charge in [0, 0.05) is 38.6 Å². The number of methoxy groups -OCH3 is 1. The zero-order valence-electron chi connectivity index (χ0n) is 24.9. The summed E-state index contributed by atoms with van der Waals surface area (Å²) in [5, 5.41) is 6.31. The van der Waals surface area contributed by atoms with Gasteiger partial charge < -0.3 is 30.2 Å². The number of piperidine rings is 1. The maximum Gasteiger partial charge on any atom is 0.323 e. The average molecular weight is 583 g/mol. The van der Waals surface area contributed by atoms with E-state index in [1.165, 1.54) is 0 Å². The number of rotatable bonds is 17. The predicted octanol–water partition coefficient (Wildman–Crippen LogP) is 2.58. The van der Waals surface area contributed by atoms with Gasteiger partial charge in [-0.1, -0.05) is 42.5 Å². The van der Waals surface area contributed by atoms with Crippen molar-refractivity contribution in [2.45, 2.75) is 70.2 Å². The van der Waals surface area contributed by atoms with Gasteiger partial charge in [-0.15, -0.1) is 0 Å². The Kier molecular flexibility index (Phi) is 14.3. The van der Waals surface area contributed by atoms with Crippen LogP contribution in [-0.2, 0) is 36.8 Å². The van der Waals surface area contributed by atoms with E-state index in [0.717, 1.165) is 49.2 Å². The van der Waals surface area contributed by atoms with Crippen LogP contribution in [0.5, 0.6) is 5.75 Å². The minimum Gasteiger partial charge on any atom is -0.497 e. The fraction of sp³-hybridized carbons (Fsp3) is 0.531. The monoisotopic (exact) mass is 582 g/mol. The summed E-state index contributed by atoms with van der Waals surface area (Å²) in [4.78, 5) is 40.3. The summed E-state index contributed by atoms with van der Waals surface area (Å²) in [6.07, 6.45) is 3.32. The van der Waals surface area contributed by atoms with Gasteiger partial charge in [0.05, 0.1) is 20.3 Å². The number of ether oxygens (including phenoxy) is 3. The van der Waals surface area contributed by atoms with E-state index in [4.69, 9.17) is 19.9 Å². The number of carbonyl (C=O) groups excluding carboxylic acids is 3. The van der Waals surface area contributed by atoms with Gasteiger partial charge in [-0.2, -0.15) is 0 Å². The smallest absolute Gasteiger partial charge is 0.323 e. The van der Waals surface area contributed by atoms with E-state index in [2.05, 4.69) is 10.6 Å². The van der Waals surface area contributed by atoms with Gasteiger partial charge in [0.1, 0.15) is 17.9 Å². The molecule has 0 spiro atoms. The quantitative estimate of drug-likeness (QED) is 0.241. The zero-order chi connectivity index (χ0) is 30.2. The number of nitrogens with two attached hydrogens (primary N) is 1. The first-order valence-corrected chi connectivity index (χ1v) is 14.9. The largest absolute Gasteiger partial charge is 0.497 e. The molecule has 0 bridgehead atoms. The number of amides is 1. The Bertz CT molecular complexity index is 1110. The van der Waals surface area contributed by atoms with E-state index < -0.39 is 30.1 Å². The van der Waals surface area contributed by atoms with E-state index in [0.29, 0.717) is 19.5 Å². The van der Waals surface area contributed by atoms with Crippen molar-refractivity contribution in [3.05, 3.63) is 65.7 Å². The molecule has 42 heavy (non-hydrogen) atoms. The normalized spacial score (nSPS) is 15.4. The van der Waals surface area contributed by atoms with Crippen molar-refractivity contribution in [3.63, 3.8) is 0 Å². The molecule has 4 N–H and O–H groups in total. The molecule has 0 aliphatic carbocycles. The van der Waals surface area contributed by atoms with E-state index >= 15 is 0 Å². The van der Waals surface area contributed by atoms with Gasteiger partial charge in [0.2, 0.25) is 5.91 Å². The topological polar surface area (TPSA) is 132 Å². The van der Waals surface area contributed by atoms with Crippen molar-refractivity contribution in [2.75, 3.05) is 39.9 Å². The van der Waals surface area contributed by atoms with E-state index in [1.807, 2.05) is 59.5 Å². The lowest BCUT2D eigenvalue weighted by Crippen LogP contribution is -2.50. The van der Waals surface area contributed by atoms with Crippen LogP contribution in [0, 0.1) is 0 Å². The lowest BCUT2D eigenvalue weighted by Gasteiger charge is -2.29. The highest BCUT2D eigenvalue weighted by molar-refractivity contribution is 5.80. The summed E-state index contributed by atoms with van der Waals surface area (Å²) >= 11 is 0. The number of esters is 2. The Morgan fingerprint density at radius 3 is 2.45 bits per heavy atom. The van der Waals surface area contributed by atoms with Crippen molar-refractivity contribution >= 4 is 17.8 Å². The summed E-state index contributed by atoms with van der Waals surface area (Å²) in [5.41, 5.74) is 8.66. The summed E-state index contributed by atoms with van der Waals surface area (Å²) < 4.78 is 16.3. The Morgan fingerprint density at radius 1 is 1.00 bits per heavy atom. The molecule has 3 rings (SSSR count). The molecule has 1 aliphatic rings. The molecule has 1 saturated heterocycles. The number of nitrogens with zero attached hydrogens (tertiary/aromatic N) is 1. The van der Waals surface area contributed by atoms with Crippen LogP contribution in [-0.4, -0.2) is 80.8 Å². The molecule has 230 valence electrons. The highest BCUT2D eigenvalue weighted by Gasteiger charge is 2.29. The molecule has 3 atom stereocenters. The second kappa shape index (κ2) is 18.1. The highest BCUT2D eigenvalue weighted by Crippen LogP contribution is 2.15. The fourth-order valence-electron chi connectivity index (χ4n) is 4.96.